The minimum atomic E-state index is -0.740. The molecule has 0 aromatic carbocycles. The molecule has 1 radical (unpaired) electrons. The molecule has 2 atom stereocenters. The van der Waals surface area contributed by atoms with Crippen molar-refractivity contribution in [1.29, 1.82) is 0 Å². The van der Waals surface area contributed by atoms with Gasteiger partial charge < -0.3 is 10.2 Å². The molecule has 2 nitrogen and oxygen atoms in total. The van der Waals surface area contributed by atoms with E-state index in [4.69, 9.17) is 10.2 Å². The average Bonchev–Trinajstić information content (AvgIpc) is 1.84. The largest absolute Gasteiger partial charge is 0.390 e. The van der Waals surface area contributed by atoms with Crippen LogP contribution in [0, 0.1) is 0 Å². The summed E-state index contributed by atoms with van der Waals surface area (Å²) in [7, 11) is 0. The Labute approximate surface area is 88.1 Å². The molecule has 0 fully saturated rings. The van der Waals surface area contributed by atoms with Gasteiger partial charge in [-0.15, -0.1) is 0 Å². The van der Waals surface area contributed by atoms with Crippen molar-refractivity contribution >= 4 is 54.8 Å². The van der Waals surface area contributed by atoms with Gasteiger partial charge in [-0.25, -0.2) is 0 Å². The summed E-state index contributed by atoms with van der Waals surface area (Å²) < 4.78 is 0. The number of aliphatic hydroxyl groups excluding tert-OH is 2. The maximum absolute atomic E-state index is 8.75. The van der Waals surface area contributed by atoms with Gasteiger partial charge in [0, 0.05) is 41.1 Å². The molecule has 51 valence electrons. The first kappa shape index (κ1) is 13.2. The fourth-order valence-electron chi connectivity index (χ4n) is 0.243. The Hall–Kier alpha value is 1.62. The van der Waals surface area contributed by atoms with E-state index in [0.717, 1.165) is 0 Å². The molecule has 0 amide bonds. The second kappa shape index (κ2) is 7.72. The van der Waals surface area contributed by atoms with Crippen LogP contribution in [-0.4, -0.2) is 63.5 Å². The van der Waals surface area contributed by atoms with E-state index in [1.54, 1.807) is 0 Å². The van der Waals surface area contributed by atoms with Gasteiger partial charge in [0.2, 0.25) is 0 Å². The zero-order valence-corrected chi connectivity index (χ0v) is 9.15. The maximum Gasteiger partial charge on any atom is 0.0894 e. The van der Waals surface area contributed by atoms with Gasteiger partial charge in [-0.1, -0.05) is 0 Å². The summed E-state index contributed by atoms with van der Waals surface area (Å²) in [6, 6.07) is 0. The van der Waals surface area contributed by atoms with Gasteiger partial charge in [-0.05, 0) is 0 Å². The Morgan fingerprint density at radius 1 is 1.00 bits per heavy atom. The van der Waals surface area contributed by atoms with Crippen molar-refractivity contribution < 1.29 is 10.2 Å². The molecular weight excluding hydrogens is 167 g/mol. The minimum absolute atomic E-state index is 0. The third-order valence-electron chi connectivity index (χ3n) is 0.818. The van der Waals surface area contributed by atoms with Crippen LogP contribution >= 0.6 is 25.3 Å². The first-order valence-electron chi connectivity index (χ1n) is 2.30. The Morgan fingerprint density at radius 3 is 1.33 bits per heavy atom. The fourth-order valence-corrected chi connectivity index (χ4v) is 0.730. The monoisotopic (exact) mass is 177 g/mol. The predicted octanol–water partition coefficient (Wildman–Crippen LogP) is -0.813. The number of hydrogen-bond donors (Lipinski definition) is 4. The van der Waals surface area contributed by atoms with Gasteiger partial charge in [-0.2, -0.15) is 25.3 Å². The van der Waals surface area contributed by atoms with Crippen molar-refractivity contribution in [3.63, 3.8) is 0 Å². The van der Waals surface area contributed by atoms with Gasteiger partial charge in [0.1, 0.15) is 0 Å². The van der Waals surface area contributed by atoms with E-state index in [0.29, 0.717) is 0 Å². The van der Waals surface area contributed by atoms with Crippen LogP contribution in [0.1, 0.15) is 0 Å². The van der Waals surface area contributed by atoms with Crippen LogP contribution in [0.3, 0.4) is 0 Å². The van der Waals surface area contributed by atoms with E-state index in [1.807, 2.05) is 0 Å². The van der Waals surface area contributed by atoms with E-state index >= 15 is 0 Å². The summed E-state index contributed by atoms with van der Waals surface area (Å²) in [6.07, 6.45) is -1.48. The molecule has 0 heterocycles. The second-order valence-corrected chi connectivity index (χ2v) is 2.23. The third-order valence-corrected chi connectivity index (χ3v) is 1.57. The van der Waals surface area contributed by atoms with Gasteiger partial charge in [-0.3, -0.25) is 0 Å². The summed E-state index contributed by atoms with van der Waals surface area (Å²) in [6.45, 7) is 0. The van der Waals surface area contributed by atoms with Crippen molar-refractivity contribution in [3.05, 3.63) is 0 Å². The summed E-state index contributed by atoms with van der Waals surface area (Å²) in [5.41, 5.74) is 0. The molecule has 0 spiro atoms. The van der Waals surface area contributed by atoms with Crippen LogP contribution in [0.4, 0.5) is 0 Å². The van der Waals surface area contributed by atoms with Crippen LogP contribution < -0.4 is 0 Å². The Bertz CT molecular complexity index is 56.5. The molecule has 9 heavy (non-hydrogen) atoms. The van der Waals surface area contributed by atoms with Crippen molar-refractivity contribution in [1.82, 2.24) is 0 Å². The van der Waals surface area contributed by atoms with E-state index in [2.05, 4.69) is 25.3 Å². The SMILES string of the molecule is O[C@H](CS)[C@H](O)CS.[Na]. The van der Waals surface area contributed by atoms with E-state index in [9.17, 15) is 0 Å². The van der Waals surface area contributed by atoms with Crippen LogP contribution in [0.5, 0.6) is 0 Å². The molecule has 0 aliphatic carbocycles. The number of rotatable bonds is 3. The summed E-state index contributed by atoms with van der Waals surface area (Å²) in [5.74, 6) is 0.559. The van der Waals surface area contributed by atoms with Gasteiger partial charge in [0.05, 0.1) is 12.2 Å². The number of hydrogen-bond acceptors (Lipinski definition) is 4. The number of aliphatic hydroxyl groups is 2. The smallest absolute Gasteiger partial charge is 0.0894 e. The molecule has 0 saturated carbocycles. The minimum Gasteiger partial charge on any atom is -0.390 e. The second-order valence-electron chi connectivity index (χ2n) is 1.50. The van der Waals surface area contributed by atoms with Crippen LogP contribution in [0.15, 0.2) is 0 Å². The molecule has 0 bridgehead atoms. The molecule has 0 aromatic heterocycles. The summed E-state index contributed by atoms with van der Waals surface area (Å²) >= 11 is 7.53. The fraction of sp³-hybridized carbons (Fsp3) is 1.00. The Kier molecular flexibility index (Phi) is 11.4. The van der Waals surface area contributed by atoms with Crippen molar-refractivity contribution in [2.75, 3.05) is 11.5 Å². The first-order valence-corrected chi connectivity index (χ1v) is 3.56. The molecule has 0 aliphatic rings. The van der Waals surface area contributed by atoms with Crippen molar-refractivity contribution in [2.45, 2.75) is 12.2 Å². The summed E-state index contributed by atoms with van der Waals surface area (Å²) in [4.78, 5) is 0. The summed E-state index contributed by atoms with van der Waals surface area (Å²) in [5, 5.41) is 17.5. The van der Waals surface area contributed by atoms with E-state index in [-0.39, 0.29) is 41.1 Å². The Morgan fingerprint density at radius 2 is 1.22 bits per heavy atom. The molecule has 0 unspecified atom stereocenters. The maximum atomic E-state index is 8.75. The molecule has 0 saturated heterocycles. The van der Waals surface area contributed by atoms with Gasteiger partial charge >= 0.3 is 0 Å². The standard InChI is InChI=1S/C4H10O2S2.Na/c5-3(1-7)4(6)2-8;/h3-8H,1-2H2;/t3-,4-;/m1./s1. The average molecular weight is 177 g/mol. The normalized spacial score (nSPS) is 16.0. The van der Waals surface area contributed by atoms with Crippen molar-refractivity contribution in [2.24, 2.45) is 0 Å². The van der Waals surface area contributed by atoms with Gasteiger partial charge in [0.25, 0.3) is 0 Å². The molecule has 0 aliphatic heterocycles. The molecule has 2 N–H and O–H groups in total. The molecular formula is C4H10NaO2S2. The Balaban J connectivity index is 0. The zero-order chi connectivity index (χ0) is 6.57. The first-order chi connectivity index (χ1) is 3.72. The van der Waals surface area contributed by atoms with Crippen molar-refractivity contribution in [3.8, 4) is 0 Å². The molecule has 0 rings (SSSR count). The quantitative estimate of drug-likeness (QED) is 0.336. The zero-order valence-electron chi connectivity index (χ0n) is 5.36. The van der Waals surface area contributed by atoms with E-state index in [1.165, 1.54) is 0 Å². The molecule has 5 heteroatoms. The van der Waals surface area contributed by atoms with Crippen LogP contribution in [-0.2, 0) is 0 Å². The molecule has 0 aromatic rings. The number of thiol groups is 2. The third kappa shape index (κ3) is 6.04. The predicted molar refractivity (Wildman–Crippen MR) is 45.5 cm³/mol. The topological polar surface area (TPSA) is 40.5 Å². The van der Waals surface area contributed by atoms with Crippen LogP contribution in [0.2, 0.25) is 0 Å². The van der Waals surface area contributed by atoms with E-state index < -0.39 is 12.2 Å². The van der Waals surface area contributed by atoms with Crippen LogP contribution in [0.25, 0.3) is 0 Å². The van der Waals surface area contributed by atoms with Gasteiger partial charge in [0.15, 0.2) is 0 Å².